The van der Waals surface area contributed by atoms with Gasteiger partial charge in [0.15, 0.2) is 0 Å². The molecule has 2 aliphatic heterocycles. The number of alkyl halides is 2. The quantitative estimate of drug-likeness (QED) is 0.690. The lowest BCUT2D eigenvalue weighted by molar-refractivity contribution is -0.127. The van der Waals surface area contributed by atoms with Crippen LogP contribution in [0.5, 0.6) is 0 Å². The van der Waals surface area contributed by atoms with Gasteiger partial charge in [0.2, 0.25) is 5.91 Å². The van der Waals surface area contributed by atoms with Gasteiger partial charge in [-0.05, 0) is 12.1 Å². The Balaban J connectivity index is 1.32. The number of benzene rings is 1. The highest BCUT2D eigenvalue weighted by atomic mass is 35.5. The number of fused-ring (bicyclic) bond motifs is 1. The van der Waals surface area contributed by atoms with Crippen molar-refractivity contribution < 1.29 is 18.4 Å². The summed E-state index contributed by atoms with van der Waals surface area (Å²) in [6, 6.07) is 6.98. The summed E-state index contributed by atoms with van der Waals surface area (Å²) in [7, 11) is 0. The third-order valence-corrected chi connectivity index (χ3v) is 6.07. The van der Waals surface area contributed by atoms with Gasteiger partial charge in [-0.15, -0.1) is 0 Å². The molecule has 0 aliphatic carbocycles. The second kappa shape index (κ2) is 9.38. The van der Waals surface area contributed by atoms with Gasteiger partial charge in [-0.3, -0.25) is 14.5 Å². The molecule has 0 spiro atoms. The SMILES string of the molecule is O=C(Nc1ccccc1Cl)c1cnc2n1CCN(C(=O)/C=C/CN1CCC(F)(F)CC1)C2. The fourth-order valence-corrected chi connectivity index (χ4v) is 4.03. The van der Waals surface area contributed by atoms with Crippen LogP contribution < -0.4 is 5.32 Å². The van der Waals surface area contributed by atoms with Crippen LogP contribution in [0.1, 0.15) is 29.2 Å². The van der Waals surface area contributed by atoms with Gasteiger partial charge in [-0.25, -0.2) is 13.8 Å². The maximum absolute atomic E-state index is 13.2. The van der Waals surface area contributed by atoms with Gasteiger partial charge in [0.1, 0.15) is 11.5 Å². The Morgan fingerprint density at radius 1 is 1.16 bits per heavy atom. The first-order chi connectivity index (χ1) is 15.3. The van der Waals surface area contributed by atoms with Crippen LogP contribution in [0.25, 0.3) is 0 Å². The predicted octanol–water partition coefficient (Wildman–Crippen LogP) is 3.42. The number of rotatable bonds is 5. The van der Waals surface area contributed by atoms with E-state index in [0.717, 1.165) is 0 Å². The molecule has 0 atom stereocenters. The Morgan fingerprint density at radius 3 is 2.66 bits per heavy atom. The number of carbonyl (C=O) groups excluding carboxylic acids is 2. The van der Waals surface area contributed by atoms with Gasteiger partial charge in [-0.1, -0.05) is 29.8 Å². The van der Waals surface area contributed by atoms with Crippen molar-refractivity contribution in [2.24, 2.45) is 0 Å². The number of aromatic nitrogens is 2. The van der Waals surface area contributed by atoms with Gasteiger partial charge in [0.05, 0.1) is 23.5 Å². The van der Waals surface area contributed by atoms with Crippen molar-refractivity contribution in [3.63, 3.8) is 0 Å². The first-order valence-electron chi connectivity index (χ1n) is 10.5. The number of halogens is 3. The van der Waals surface area contributed by atoms with Crippen molar-refractivity contribution in [2.75, 3.05) is 31.5 Å². The van der Waals surface area contributed by atoms with Gasteiger partial charge in [0, 0.05) is 51.6 Å². The number of piperidine rings is 1. The predicted molar refractivity (Wildman–Crippen MR) is 117 cm³/mol. The maximum atomic E-state index is 13.2. The molecule has 2 aliphatic rings. The van der Waals surface area contributed by atoms with Gasteiger partial charge in [0.25, 0.3) is 11.8 Å². The minimum absolute atomic E-state index is 0.143. The standard InChI is InChI=1S/C22H24ClF2N5O2/c23-16-4-1-2-5-17(16)27-21(32)18-14-26-19-15-29(12-13-30(18)19)20(31)6-3-9-28-10-7-22(24,25)8-11-28/h1-6,14H,7-13,15H2,(H,27,32)/b6-3+. The van der Waals surface area contributed by atoms with Crippen molar-refractivity contribution in [1.29, 1.82) is 0 Å². The van der Waals surface area contributed by atoms with E-state index >= 15 is 0 Å². The summed E-state index contributed by atoms with van der Waals surface area (Å²) in [5, 5.41) is 3.23. The normalized spacial score (nSPS) is 18.5. The molecule has 0 radical (unpaired) electrons. The van der Waals surface area contributed by atoms with E-state index in [1.54, 1.807) is 39.8 Å². The summed E-state index contributed by atoms with van der Waals surface area (Å²) in [5.41, 5.74) is 0.925. The van der Waals surface area contributed by atoms with Crippen LogP contribution in [0.2, 0.25) is 5.02 Å². The lowest BCUT2D eigenvalue weighted by Crippen LogP contribution is -2.40. The van der Waals surface area contributed by atoms with E-state index in [4.69, 9.17) is 11.6 Å². The van der Waals surface area contributed by atoms with Gasteiger partial charge in [-0.2, -0.15) is 0 Å². The van der Waals surface area contributed by atoms with Gasteiger partial charge < -0.3 is 14.8 Å². The molecule has 7 nitrogen and oxygen atoms in total. The highest BCUT2D eigenvalue weighted by molar-refractivity contribution is 6.33. The molecule has 170 valence electrons. The van der Waals surface area contributed by atoms with Crippen LogP contribution in [-0.2, 0) is 17.9 Å². The van der Waals surface area contributed by atoms with Crippen LogP contribution in [-0.4, -0.2) is 63.3 Å². The molecule has 3 heterocycles. The summed E-state index contributed by atoms with van der Waals surface area (Å²) in [6.07, 6.45) is 4.41. The molecular weight excluding hydrogens is 440 g/mol. The zero-order valence-corrected chi connectivity index (χ0v) is 18.2. The van der Waals surface area contributed by atoms with Crippen molar-refractivity contribution in [1.82, 2.24) is 19.4 Å². The molecule has 1 fully saturated rings. The number of nitrogens with one attached hydrogen (secondary N) is 1. The lowest BCUT2D eigenvalue weighted by atomic mass is 10.1. The minimum atomic E-state index is -2.57. The highest BCUT2D eigenvalue weighted by Crippen LogP contribution is 2.27. The molecule has 0 unspecified atom stereocenters. The van der Waals surface area contributed by atoms with Crippen LogP contribution >= 0.6 is 11.6 Å². The third-order valence-electron chi connectivity index (χ3n) is 5.74. The molecule has 10 heteroatoms. The summed E-state index contributed by atoms with van der Waals surface area (Å²) < 4.78 is 28.3. The number of imidazole rings is 1. The molecule has 4 rings (SSSR count). The monoisotopic (exact) mass is 463 g/mol. The first kappa shape index (κ1) is 22.4. The topological polar surface area (TPSA) is 70.5 Å². The summed E-state index contributed by atoms with van der Waals surface area (Å²) in [6.45, 7) is 2.29. The largest absolute Gasteiger partial charge is 0.330 e. The fourth-order valence-electron chi connectivity index (χ4n) is 3.85. The lowest BCUT2D eigenvalue weighted by Gasteiger charge is -2.31. The Kier molecular flexibility index (Phi) is 6.57. The van der Waals surface area contributed by atoms with Crippen LogP contribution in [0.4, 0.5) is 14.5 Å². The number of nitrogens with zero attached hydrogens (tertiary/aromatic N) is 4. The average Bonchev–Trinajstić information content (AvgIpc) is 3.20. The van der Waals surface area contributed by atoms with Crippen molar-refractivity contribution >= 4 is 29.1 Å². The summed E-state index contributed by atoms with van der Waals surface area (Å²) in [5.74, 6) is -2.43. The Bertz CT molecular complexity index is 1030. The molecular formula is C22H24ClF2N5O2. The Morgan fingerprint density at radius 2 is 1.91 bits per heavy atom. The van der Waals surface area contributed by atoms with E-state index in [2.05, 4.69) is 10.3 Å². The number of carbonyl (C=O) groups is 2. The summed E-state index contributed by atoms with van der Waals surface area (Å²) in [4.78, 5) is 33.1. The first-order valence-corrected chi connectivity index (χ1v) is 10.9. The zero-order chi connectivity index (χ0) is 22.7. The van der Waals surface area contributed by atoms with E-state index in [1.165, 1.54) is 12.3 Å². The molecule has 2 amide bonds. The van der Waals surface area contributed by atoms with Crippen LogP contribution in [0, 0.1) is 0 Å². The zero-order valence-electron chi connectivity index (χ0n) is 17.4. The number of amides is 2. The molecule has 2 aromatic rings. The average molecular weight is 464 g/mol. The molecule has 1 N–H and O–H groups in total. The third kappa shape index (κ3) is 5.16. The van der Waals surface area contributed by atoms with Crippen molar-refractivity contribution in [2.45, 2.75) is 31.9 Å². The summed E-state index contributed by atoms with van der Waals surface area (Å²) >= 11 is 6.11. The highest BCUT2D eigenvalue weighted by Gasteiger charge is 2.33. The second-order valence-electron chi connectivity index (χ2n) is 7.96. The van der Waals surface area contributed by atoms with E-state index < -0.39 is 5.92 Å². The molecule has 1 aromatic heterocycles. The Hall–Kier alpha value is -2.78. The molecule has 1 saturated heterocycles. The minimum Gasteiger partial charge on any atom is -0.330 e. The van der Waals surface area contributed by atoms with Crippen LogP contribution in [0.15, 0.2) is 42.6 Å². The Labute approximate surface area is 189 Å². The number of likely N-dealkylation sites (tertiary alicyclic amines) is 1. The molecule has 32 heavy (non-hydrogen) atoms. The van der Waals surface area contributed by atoms with Crippen molar-refractivity contribution in [3.05, 3.63) is 59.2 Å². The number of anilines is 1. The fraction of sp³-hybridized carbons (Fsp3) is 0.409. The van der Waals surface area contributed by atoms with E-state index in [-0.39, 0.29) is 24.7 Å². The number of para-hydroxylation sites is 1. The van der Waals surface area contributed by atoms with E-state index in [1.807, 2.05) is 4.90 Å². The van der Waals surface area contributed by atoms with Crippen LogP contribution in [0.3, 0.4) is 0 Å². The molecule has 0 saturated carbocycles. The molecule has 0 bridgehead atoms. The van der Waals surface area contributed by atoms with E-state index in [9.17, 15) is 18.4 Å². The number of hydrogen-bond donors (Lipinski definition) is 1. The van der Waals surface area contributed by atoms with Gasteiger partial charge >= 0.3 is 0 Å². The second-order valence-corrected chi connectivity index (χ2v) is 8.37. The number of hydrogen-bond acceptors (Lipinski definition) is 4. The molecule has 1 aromatic carbocycles. The van der Waals surface area contributed by atoms with E-state index in [0.29, 0.717) is 61.5 Å². The maximum Gasteiger partial charge on any atom is 0.273 e. The van der Waals surface area contributed by atoms with Crippen molar-refractivity contribution in [3.8, 4) is 0 Å². The smallest absolute Gasteiger partial charge is 0.273 e.